The molecule has 0 heterocycles. The molecule has 0 spiro atoms. The Morgan fingerprint density at radius 2 is 1.93 bits per heavy atom. The molecule has 0 radical (unpaired) electrons. The van der Waals surface area contributed by atoms with Crippen molar-refractivity contribution in [2.75, 3.05) is 20.1 Å². The van der Waals surface area contributed by atoms with E-state index in [1.54, 1.807) is 13.1 Å². The lowest BCUT2D eigenvalue weighted by Gasteiger charge is -2.12. The van der Waals surface area contributed by atoms with Crippen LogP contribution in [-0.2, 0) is 13.0 Å². The average molecular weight is 563 g/mol. The summed E-state index contributed by atoms with van der Waals surface area (Å²) in [6.07, 6.45) is 0.751. The van der Waals surface area contributed by atoms with Crippen molar-refractivity contribution in [2.24, 2.45) is 4.99 Å². The molecule has 2 rings (SSSR count). The maximum absolute atomic E-state index is 13.5. The number of nitrogens with one attached hydrogen (secondary N) is 3. The largest absolute Gasteiger partial charge is 0.357 e. The molecule has 0 saturated heterocycles. The highest BCUT2D eigenvalue weighted by Crippen LogP contribution is 2.15. The van der Waals surface area contributed by atoms with Crippen LogP contribution in [-0.4, -0.2) is 32.0 Å². The molecule has 0 bridgehead atoms. The van der Waals surface area contributed by atoms with E-state index in [0.29, 0.717) is 29.1 Å². The molecule has 5 nitrogen and oxygen atoms in total. The number of guanidine groups is 1. The number of aliphatic imine (C=N–C) groups is 1. The standard InChI is InChI=1S/C20H24BrFN4O.HI/c1-3-24-20(26-13-15-10-17(21)12-18(22)11-15)25-8-7-14-5-4-6-16(9-14)19(27)23-2;/h4-6,9-12H,3,7-8,13H2,1-2H3,(H,23,27)(H2,24,25,26);1H. The number of hydrogen-bond donors (Lipinski definition) is 3. The highest BCUT2D eigenvalue weighted by molar-refractivity contribution is 14.0. The highest BCUT2D eigenvalue weighted by atomic mass is 127. The third-order valence-corrected chi connectivity index (χ3v) is 4.27. The highest BCUT2D eigenvalue weighted by Gasteiger charge is 2.04. The molecule has 0 fully saturated rings. The smallest absolute Gasteiger partial charge is 0.251 e. The maximum Gasteiger partial charge on any atom is 0.251 e. The van der Waals surface area contributed by atoms with Crippen LogP contribution in [0.3, 0.4) is 0 Å². The molecule has 0 aliphatic rings. The first-order chi connectivity index (χ1) is 13.0. The van der Waals surface area contributed by atoms with Crippen molar-refractivity contribution in [3.8, 4) is 0 Å². The van der Waals surface area contributed by atoms with Gasteiger partial charge in [-0.25, -0.2) is 9.38 Å². The van der Waals surface area contributed by atoms with Gasteiger partial charge < -0.3 is 16.0 Å². The van der Waals surface area contributed by atoms with Crippen LogP contribution in [0.1, 0.15) is 28.4 Å². The van der Waals surface area contributed by atoms with Crippen molar-refractivity contribution in [2.45, 2.75) is 19.9 Å². The van der Waals surface area contributed by atoms with Gasteiger partial charge in [0.05, 0.1) is 6.54 Å². The van der Waals surface area contributed by atoms with E-state index in [2.05, 4.69) is 36.9 Å². The minimum Gasteiger partial charge on any atom is -0.357 e. The Labute approximate surface area is 190 Å². The summed E-state index contributed by atoms with van der Waals surface area (Å²) in [5.41, 5.74) is 2.50. The summed E-state index contributed by atoms with van der Waals surface area (Å²) >= 11 is 3.29. The number of rotatable bonds is 7. The Kier molecular flexibility index (Phi) is 11.1. The van der Waals surface area contributed by atoms with Gasteiger partial charge >= 0.3 is 0 Å². The molecule has 2 aromatic rings. The van der Waals surface area contributed by atoms with Gasteiger partial charge in [-0.15, -0.1) is 24.0 Å². The van der Waals surface area contributed by atoms with Crippen LogP contribution in [0.4, 0.5) is 4.39 Å². The molecule has 2 aromatic carbocycles. The molecule has 0 aliphatic heterocycles. The van der Waals surface area contributed by atoms with Crippen LogP contribution in [0.2, 0.25) is 0 Å². The van der Waals surface area contributed by atoms with Crippen molar-refractivity contribution in [3.63, 3.8) is 0 Å². The average Bonchev–Trinajstić information content (AvgIpc) is 2.65. The summed E-state index contributed by atoms with van der Waals surface area (Å²) in [7, 11) is 1.62. The second-order valence-corrected chi connectivity index (χ2v) is 6.84. The zero-order valence-electron chi connectivity index (χ0n) is 15.9. The third kappa shape index (κ3) is 8.14. The quantitative estimate of drug-likeness (QED) is 0.273. The first-order valence-electron chi connectivity index (χ1n) is 8.80. The van der Waals surface area contributed by atoms with E-state index in [1.807, 2.05) is 31.2 Å². The fourth-order valence-electron chi connectivity index (χ4n) is 2.55. The maximum atomic E-state index is 13.5. The number of amides is 1. The first-order valence-corrected chi connectivity index (χ1v) is 9.59. The molecule has 1 amide bonds. The molecular weight excluding hydrogens is 538 g/mol. The second kappa shape index (κ2) is 12.7. The first kappa shape index (κ1) is 24.4. The Hall–Kier alpha value is -1.68. The van der Waals surface area contributed by atoms with E-state index >= 15 is 0 Å². The fraction of sp³-hybridized carbons (Fsp3) is 0.300. The normalized spacial score (nSPS) is 10.8. The predicted molar refractivity (Wildman–Crippen MR) is 126 cm³/mol. The van der Waals surface area contributed by atoms with Crippen LogP contribution in [0, 0.1) is 5.82 Å². The minimum absolute atomic E-state index is 0. The molecular formula is C20H25BrFIN4O. The van der Waals surface area contributed by atoms with E-state index in [0.717, 1.165) is 24.1 Å². The Morgan fingerprint density at radius 3 is 2.61 bits per heavy atom. The lowest BCUT2D eigenvalue weighted by atomic mass is 10.1. The van der Waals surface area contributed by atoms with Gasteiger partial charge in [0.15, 0.2) is 5.96 Å². The van der Waals surface area contributed by atoms with Gasteiger partial charge in [-0.2, -0.15) is 0 Å². The van der Waals surface area contributed by atoms with Crippen molar-refractivity contribution >= 4 is 51.8 Å². The van der Waals surface area contributed by atoms with E-state index < -0.39 is 0 Å². The molecule has 28 heavy (non-hydrogen) atoms. The summed E-state index contributed by atoms with van der Waals surface area (Å²) in [5.74, 6) is 0.282. The summed E-state index contributed by atoms with van der Waals surface area (Å²) in [4.78, 5) is 16.2. The van der Waals surface area contributed by atoms with Gasteiger partial charge in [-0.05, 0) is 54.8 Å². The van der Waals surface area contributed by atoms with Gasteiger partial charge in [-0.3, -0.25) is 4.79 Å². The predicted octanol–water partition coefficient (Wildman–Crippen LogP) is 3.86. The summed E-state index contributed by atoms with van der Waals surface area (Å²) < 4.78 is 14.2. The summed E-state index contributed by atoms with van der Waals surface area (Å²) in [6, 6.07) is 12.3. The minimum atomic E-state index is -0.288. The SMILES string of the molecule is CCNC(=NCc1cc(F)cc(Br)c1)NCCc1cccc(C(=O)NC)c1.I. The lowest BCUT2D eigenvalue weighted by Crippen LogP contribution is -2.38. The Bertz CT molecular complexity index is 796. The third-order valence-electron chi connectivity index (χ3n) is 3.81. The van der Waals surface area contributed by atoms with Crippen LogP contribution < -0.4 is 16.0 Å². The van der Waals surface area contributed by atoms with Crippen molar-refractivity contribution in [3.05, 3.63) is 69.4 Å². The zero-order valence-corrected chi connectivity index (χ0v) is 19.8. The summed E-state index contributed by atoms with van der Waals surface area (Å²) in [5, 5.41) is 9.07. The zero-order chi connectivity index (χ0) is 19.6. The van der Waals surface area contributed by atoms with Crippen molar-refractivity contribution in [1.82, 2.24) is 16.0 Å². The van der Waals surface area contributed by atoms with Gasteiger partial charge in [0.25, 0.3) is 5.91 Å². The number of carbonyl (C=O) groups excluding carboxylic acids is 1. The molecule has 0 aliphatic carbocycles. The number of benzene rings is 2. The van der Waals surface area contributed by atoms with E-state index in [4.69, 9.17) is 0 Å². The summed E-state index contributed by atoms with van der Waals surface area (Å²) in [6.45, 7) is 3.75. The van der Waals surface area contributed by atoms with Crippen LogP contribution in [0.15, 0.2) is 51.9 Å². The van der Waals surface area contributed by atoms with Gasteiger partial charge in [0.1, 0.15) is 5.82 Å². The van der Waals surface area contributed by atoms with E-state index in [-0.39, 0.29) is 35.7 Å². The fourth-order valence-corrected chi connectivity index (χ4v) is 3.06. The number of carbonyl (C=O) groups is 1. The lowest BCUT2D eigenvalue weighted by molar-refractivity contribution is 0.0963. The molecule has 0 unspecified atom stereocenters. The second-order valence-electron chi connectivity index (χ2n) is 5.93. The topological polar surface area (TPSA) is 65.5 Å². The molecule has 0 aromatic heterocycles. The van der Waals surface area contributed by atoms with Crippen molar-refractivity contribution in [1.29, 1.82) is 0 Å². The molecule has 0 saturated carbocycles. The van der Waals surface area contributed by atoms with Crippen LogP contribution in [0.5, 0.6) is 0 Å². The number of hydrogen-bond acceptors (Lipinski definition) is 2. The monoisotopic (exact) mass is 562 g/mol. The van der Waals surface area contributed by atoms with E-state index in [9.17, 15) is 9.18 Å². The molecule has 3 N–H and O–H groups in total. The van der Waals surface area contributed by atoms with Crippen LogP contribution in [0.25, 0.3) is 0 Å². The molecule has 8 heteroatoms. The number of nitrogens with zero attached hydrogens (tertiary/aromatic N) is 1. The van der Waals surface area contributed by atoms with Gasteiger partial charge in [0, 0.05) is 30.2 Å². The van der Waals surface area contributed by atoms with Gasteiger partial charge in [-0.1, -0.05) is 28.1 Å². The Balaban J connectivity index is 0.00000392. The van der Waals surface area contributed by atoms with E-state index in [1.165, 1.54) is 12.1 Å². The number of halogens is 3. The van der Waals surface area contributed by atoms with Crippen molar-refractivity contribution < 1.29 is 9.18 Å². The molecule has 152 valence electrons. The van der Waals surface area contributed by atoms with Gasteiger partial charge in [0.2, 0.25) is 0 Å². The molecule has 0 atom stereocenters. The Morgan fingerprint density at radius 1 is 1.14 bits per heavy atom. The van der Waals surface area contributed by atoms with Crippen LogP contribution >= 0.6 is 39.9 Å².